The Balaban J connectivity index is 1.96. The van der Waals surface area contributed by atoms with Gasteiger partial charge in [-0.25, -0.2) is 13.1 Å². The summed E-state index contributed by atoms with van der Waals surface area (Å²) in [6, 6.07) is 13.2. The second kappa shape index (κ2) is 6.86. The lowest BCUT2D eigenvalue weighted by Crippen LogP contribution is -2.12. The summed E-state index contributed by atoms with van der Waals surface area (Å²) in [4.78, 5) is 0.129. The molecule has 0 saturated carbocycles. The molecule has 0 atom stereocenters. The number of nitrogens with zero attached hydrogens (tertiary/aromatic N) is 1. The predicted molar refractivity (Wildman–Crippen MR) is 92.3 cm³/mol. The number of nitrogens with one attached hydrogen (secondary N) is 1. The van der Waals surface area contributed by atoms with Crippen LogP contribution >= 0.6 is 0 Å². The molecule has 0 bridgehead atoms. The third-order valence-corrected chi connectivity index (χ3v) is 4.89. The molecule has 0 fully saturated rings. The van der Waals surface area contributed by atoms with Crippen molar-refractivity contribution in [3.8, 4) is 22.6 Å². The van der Waals surface area contributed by atoms with Gasteiger partial charge in [0.1, 0.15) is 0 Å². The lowest BCUT2D eigenvalue weighted by Gasteiger charge is -2.10. The summed E-state index contributed by atoms with van der Waals surface area (Å²) >= 11 is 0. The first-order valence-corrected chi connectivity index (χ1v) is 8.78. The Labute approximate surface area is 145 Å². The number of methoxy groups -OCH3 is 2. The molecule has 8 heteroatoms. The van der Waals surface area contributed by atoms with Crippen LogP contribution in [-0.2, 0) is 10.0 Å². The number of sulfonamides is 1. The molecule has 0 aliphatic carbocycles. The zero-order valence-electron chi connectivity index (χ0n) is 13.6. The van der Waals surface area contributed by atoms with Crippen LogP contribution in [-0.4, -0.2) is 27.8 Å². The first-order chi connectivity index (χ1) is 12.0. The van der Waals surface area contributed by atoms with E-state index in [4.69, 9.17) is 14.0 Å². The van der Waals surface area contributed by atoms with Crippen LogP contribution < -0.4 is 14.2 Å². The van der Waals surface area contributed by atoms with E-state index in [2.05, 4.69) is 9.88 Å². The molecule has 1 heterocycles. The van der Waals surface area contributed by atoms with E-state index in [1.165, 1.54) is 32.5 Å². The number of benzene rings is 2. The second-order valence-corrected chi connectivity index (χ2v) is 6.74. The monoisotopic (exact) mass is 360 g/mol. The summed E-state index contributed by atoms with van der Waals surface area (Å²) in [6.45, 7) is 0. The van der Waals surface area contributed by atoms with Gasteiger partial charge in [-0.1, -0.05) is 29.4 Å². The molecule has 1 N–H and O–H groups in total. The number of anilines is 1. The molecule has 0 aliphatic rings. The summed E-state index contributed by atoms with van der Waals surface area (Å²) < 4.78 is 42.9. The molecule has 130 valence electrons. The minimum atomic E-state index is -3.78. The Kier molecular flexibility index (Phi) is 4.62. The van der Waals surface area contributed by atoms with Crippen molar-refractivity contribution in [2.75, 3.05) is 18.9 Å². The van der Waals surface area contributed by atoms with Gasteiger partial charge in [0.25, 0.3) is 10.0 Å². The van der Waals surface area contributed by atoms with Gasteiger partial charge >= 0.3 is 0 Å². The Morgan fingerprint density at radius 3 is 2.40 bits per heavy atom. The molecule has 0 unspecified atom stereocenters. The minimum Gasteiger partial charge on any atom is -0.493 e. The van der Waals surface area contributed by atoms with E-state index in [9.17, 15) is 8.42 Å². The highest BCUT2D eigenvalue weighted by molar-refractivity contribution is 7.92. The van der Waals surface area contributed by atoms with E-state index in [0.29, 0.717) is 22.6 Å². The summed E-state index contributed by atoms with van der Waals surface area (Å²) in [6.07, 6.45) is 1.43. The van der Waals surface area contributed by atoms with Crippen LogP contribution in [0, 0.1) is 0 Å². The van der Waals surface area contributed by atoms with Gasteiger partial charge in [0, 0.05) is 0 Å². The van der Waals surface area contributed by atoms with Gasteiger partial charge in [-0.2, -0.15) is 0 Å². The highest BCUT2D eigenvalue weighted by Gasteiger charge is 2.20. The maximum Gasteiger partial charge on any atom is 0.264 e. The van der Waals surface area contributed by atoms with Gasteiger partial charge in [0.2, 0.25) is 5.88 Å². The molecule has 3 aromatic rings. The first kappa shape index (κ1) is 16.8. The van der Waals surface area contributed by atoms with Crippen LogP contribution in [0.25, 0.3) is 11.1 Å². The van der Waals surface area contributed by atoms with E-state index < -0.39 is 10.0 Å². The topological polar surface area (TPSA) is 90.7 Å². The standard InChI is InChI=1S/C17H16N2O5S/c1-22-15-9-8-12(10-16(15)23-2)14-11-18-24-17(14)19-25(20,21)13-6-4-3-5-7-13/h3-11,19H,1-2H3. The molecule has 2 aromatic carbocycles. The highest BCUT2D eigenvalue weighted by Crippen LogP contribution is 2.35. The van der Waals surface area contributed by atoms with E-state index in [-0.39, 0.29) is 10.8 Å². The molecule has 0 aliphatic heterocycles. The van der Waals surface area contributed by atoms with Crippen molar-refractivity contribution >= 4 is 15.9 Å². The van der Waals surface area contributed by atoms with Crippen LogP contribution in [0.2, 0.25) is 0 Å². The summed E-state index contributed by atoms with van der Waals surface area (Å²) in [5.41, 5.74) is 1.16. The normalized spacial score (nSPS) is 11.1. The third-order valence-electron chi connectivity index (χ3n) is 3.55. The number of ether oxygens (including phenoxy) is 2. The van der Waals surface area contributed by atoms with Gasteiger partial charge in [0.15, 0.2) is 11.5 Å². The molecule has 0 amide bonds. The SMILES string of the molecule is COc1ccc(-c2cnoc2NS(=O)(=O)c2ccccc2)cc1OC. The van der Waals surface area contributed by atoms with Gasteiger partial charge in [-0.05, 0) is 29.8 Å². The Morgan fingerprint density at radius 2 is 1.72 bits per heavy atom. The Bertz CT molecular complexity index is 968. The van der Waals surface area contributed by atoms with Crippen LogP contribution in [0.1, 0.15) is 0 Å². The Morgan fingerprint density at radius 1 is 1.00 bits per heavy atom. The zero-order chi connectivity index (χ0) is 17.9. The summed E-state index contributed by atoms with van der Waals surface area (Å²) in [5, 5.41) is 3.70. The summed E-state index contributed by atoms with van der Waals surface area (Å²) in [7, 11) is -0.722. The fourth-order valence-corrected chi connectivity index (χ4v) is 3.33. The largest absolute Gasteiger partial charge is 0.493 e. The molecule has 1 aromatic heterocycles. The molecule has 7 nitrogen and oxygen atoms in total. The fourth-order valence-electron chi connectivity index (χ4n) is 2.30. The highest BCUT2D eigenvalue weighted by atomic mass is 32.2. The average Bonchev–Trinajstić information content (AvgIpc) is 3.09. The predicted octanol–water partition coefficient (Wildman–Crippen LogP) is 3.16. The van der Waals surface area contributed by atoms with Crippen molar-refractivity contribution in [1.82, 2.24) is 5.16 Å². The zero-order valence-corrected chi connectivity index (χ0v) is 14.4. The minimum absolute atomic E-state index is 0.0241. The lowest BCUT2D eigenvalue weighted by atomic mass is 10.1. The molecule has 0 spiro atoms. The van der Waals surface area contributed by atoms with Crippen molar-refractivity contribution in [1.29, 1.82) is 0 Å². The van der Waals surface area contributed by atoms with Gasteiger partial charge < -0.3 is 14.0 Å². The van der Waals surface area contributed by atoms with Crippen LogP contribution in [0.4, 0.5) is 5.88 Å². The molecule has 0 saturated heterocycles. The van der Waals surface area contributed by atoms with Crippen LogP contribution in [0.15, 0.2) is 64.1 Å². The Hall–Kier alpha value is -3.00. The molecular weight excluding hydrogens is 344 g/mol. The van der Waals surface area contributed by atoms with Gasteiger partial charge in [0.05, 0.1) is 30.9 Å². The molecule has 25 heavy (non-hydrogen) atoms. The first-order valence-electron chi connectivity index (χ1n) is 7.30. The van der Waals surface area contributed by atoms with E-state index in [0.717, 1.165) is 0 Å². The smallest absolute Gasteiger partial charge is 0.264 e. The maximum absolute atomic E-state index is 12.5. The van der Waals surface area contributed by atoms with Gasteiger partial charge in [-0.3, -0.25) is 0 Å². The number of rotatable bonds is 6. The molecule has 3 rings (SSSR count). The number of hydrogen-bond acceptors (Lipinski definition) is 6. The van der Waals surface area contributed by atoms with Crippen molar-refractivity contribution in [2.45, 2.75) is 4.90 Å². The van der Waals surface area contributed by atoms with Crippen molar-refractivity contribution in [2.24, 2.45) is 0 Å². The second-order valence-electron chi connectivity index (χ2n) is 5.06. The van der Waals surface area contributed by atoms with Crippen molar-refractivity contribution in [3.63, 3.8) is 0 Å². The average molecular weight is 360 g/mol. The van der Waals surface area contributed by atoms with Crippen LogP contribution in [0.3, 0.4) is 0 Å². The third kappa shape index (κ3) is 3.43. The summed E-state index contributed by atoms with van der Waals surface area (Å²) in [5.74, 6) is 1.10. The van der Waals surface area contributed by atoms with Crippen molar-refractivity contribution < 1.29 is 22.4 Å². The fraction of sp³-hybridized carbons (Fsp3) is 0.118. The van der Waals surface area contributed by atoms with E-state index >= 15 is 0 Å². The number of hydrogen-bond donors (Lipinski definition) is 1. The lowest BCUT2D eigenvalue weighted by molar-refractivity contribution is 0.355. The maximum atomic E-state index is 12.5. The quantitative estimate of drug-likeness (QED) is 0.726. The molecular formula is C17H16N2O5S. The van der Waals surface area contributed by atoms with Crippen LogP contribution in [0.5, 0.6) is 11.5 Å². The number of aromatic nitrogens is 1. The van der Waals surface area contributed by atoms with Crippen molar-refractivity contribution in [3.05, 3.63) is 54.7 Å². The van der Waals surface area contributed by atoms with Gasteiger partial charge in [-0.15, -0.1) is 0 Å². The van der Waals surface area contributed by atoms with E-state index in [1.54, 1.807) is 36.4 Å². The van der Waals surface area contributed by atoms with E-state index in [1.807, 2.05) is 0 Å². The molecule has 0 radical (unpaired) electrons.